The van der Waals surface area contributed by atoms with Crippen LogP contribution in [0.3, 0.4) is 0 Å². The summed E-state index contributed by atoms with van der Waals surface area (Å²) in [6.45, 7) is 1.86. The van der Waals surface area contributed by atoms with Crippen molar-refractivity contribution >= 4 is 17.4 Å². The van der Waals surface area contributed by atoms with Gasteiger partial charge in [0.25, 0.3) is 11.6 Å². The van der Waals surface area contributed by atoms with Gasteiger partial charge in [0.2, 0.25) is 5.82 Å². The molecule has 1 N–H and O–H groups in total. The number of nitrogens with zero attached hydrogens (tertiary/aromatic N) is 6. The highest BCUT2D eigenvalue weighted by molar-refractivity contribution is 5.90. The molecule has 0 spiro atoms. The van der Waals surface area contributed by atoms with Crippen molar-refractivity contribution in [1.29, 1.82) is 0 Å². The Morgan fingerprint density at radius 3 is 2.41 bits per heavy atom. The van der Waals surface area contributed by atoms with Crippen LogP contribution >= 0.6 is 0 Å². The van der Waals surface area contributed by atoms with Crippen LogP contribution in [0.1, 0.15) is 10.6 Å². The van der Waals surface area contributed by atoms with Crippen LogP contribution < -0.4 is 10.6 Å². The number of hydrogen-bond donors (Lipinski definition) is 1. The van der Waals surface area contributed by atoms with Gasteiger partial charge in [-0.3, -0.25) is 19.9 Å². The van der Waals surface area contributed by atoms with Crippen molar-refractivity contribution < 1.29 is 9.72 Å². The Morgan fingerprint density at radius 2 is 1.79 bits per heavy atom. The van der Waals surface area contributed by atoms with E-state index in [1.54, 1.807) is 35.2 Å². The first-order valence-corrected chi connectivity index (χ1v) is 8.92. The number of rotatable bonds is 4. The predicted octanol–water partition coefficient (Wildman–Crippen LogP) is 0.826. The molecule has 11 heteroatoms. The molecule has 3 heterocycles. The van der Waals surface area contributed by atoms with Crippen molar-refractivity contribution in [3.05, 3.63) is 75.1 Å². The molecule has 1 aromatic carbocycles. The Hall–Kier alpha value is -4.02. The lowest BCUT2D eigenvalue weighted by molar-refractivity contribution is -0.385. The van der Waals surface area contributed by atoms with Gasteiger partial charge in [-0.1, -0.05) is 18.2 Å². The Bertz CT molecular complexity index is 1080. The van der Waals surface area contributed by atoms with Gasteiger partial charge in [-0.25, -0.2) is 9.78 Å². The molecule has 148 valence electrons. The SMILES string of the molecule is O=C(c1nn(-c2ccccc2)c(=O)[nH]1)N1CCN(c2ccc([N+](=O)[O-])cn2)CC1. The van der Waals surface area contributed by atoms with Gasteiger partial charge >= 0.3 is 5.69 Å². The maximum absolute atomic E-state index is 12.7. The van der Waals surface area contributed by atoms with Gasteiger partial charge in [0.05, 0.1) is 10.6 Å². The molecule has 1 aliphatic heterocycles. The van der Waals surface area contributed by atoms with E-state index in [0.717, 1.165) is 4.68 Å². The molecule has 1 fully saturated rings. The number of piperazine rings is 1. The van der Waals surface area contributed by atoms with Gasteiger partial charge in [-0.15, -0.1) is 5.10 Å². The number of H-pyrrole nitrogens is 1. The zero-order valence-electron chi connectivity index (χ0n) is 15.3. The summed E-state index contributed by atoms with van der Waals surface area (Å²) in [5.41, 5.74) is 0.0238. The first-order chi connectivity index (χ1) is 14.0. The van der Waals surface area contributed by atoms with E-state index in [0.29, 0.717) is 37.7 Å². The number of benzene rings is 1. The molecule has 3 aromatic rings. The van der Waals surface area contributed by atoms with Gasteiger partial charge < -0.3 is 9.80 Å². The molecular formula is C18H17N7O4. The maximum Gasteiger partial charge on any atom is 0.348 e. The second kappa shape index (κ2) is 7.54. The highest BCUT2D eigenvalue weighted by Crippen LogP contribution is 2.17. The molecule has 1 saturated heterocycles. The van der Waals surface area contributed by atoms with E-state index in [4.69, 9.17) is 0 Å². The van der Waals surface area contributed by atoms with Crippen LogP contribution in [0.15, 0.2) is 53.5 Å². The molecule has 0 radical (unpaired) electrons. The van der Waals surface area contributed by atoms with Crippen molar-refractivity contribution in [1.82, 2.24) is 24.6 Å². The minimum atomic E-state index is -0.497. The van der Waals surface area contributed by atoms with Gasteiger partial charge in [-0.2, -0.15) is 4.68 Å². The quantitative estimate of drug-likeness (QED) is 0.511. The van der Waals surface area contributed by atoms with Crippen molar-refractivity contribution in [2.45, 2.75) is 0 Å². The molecule has 0 unspecified atom stereocenters. The molecular weight excluding hydrogens is 378 g/mol. The lowest BCUT2D eigenvalue weighted by Gasteiger charge is -2.34. The molecule has 4 rings (SSSR count). The molecule has 0 atom stereocenters. The summed E-state index contributed by atoms with van der Waals surface area (Å²) in [4.78, 5) is 45.3. The van der Waals surface area contributed by atoms with Crippen LogP contribution in [-0.4, -0.2) is 61.7 Å². The number of amides is 1. The fourth-order valence-corrected chi connectivity index (χ4v) is 3.13. The van der Waals surface area contributed by atoms with Crippen molar-refractivity contribution in [2.24, 2.45) is 0 Å². The molecule has 1 aliphatic rings. The third kappa shape index (κ3) is 3.70. The van der Waals surface area contributed by atoms with Crippen molar-refractivity contribution in [3.8, 4) is 5.69 Å². The van der Waals surface area contributed by atoms with Crippen LogP contribution in [-0.2, 0) is 0 Å². The maximum atomic E-state index is 12.7. The predicted molar refractivity (Wildman–Crippen MR) is 103 cm³/mol. The highest BCUT2D eigenvalue weighted by atomic mass is 16.6. The molecule has 1 amide bonds. The van der Waals surface area contributed by atoms with E-state index >= 15 is 0 Å². The van der Waals surface area contributed by atoms with Crippen molar-refractivity contribution in [3.63, 3.8) is 0 Å². The largest absolute Gasteiger partial charge is 0.353 e. The fraction of sp³-hybridized carbons (Fsp3) is 0.222. The van der Waals surface area contributed by atoms with Crippen molar-refractivity contribution in [2.75, 3.05) is 31.1 Å². The second-order valence-corrected chi connectivity index (χ2v) is 6.44. The average molecular weight is 395 g/mol. The zero-order chi connectivity index (χ0) is 20.4. The van der Waals surface area contributed by atoms with Crippen LogP contribution in [0.5, 0.6) is 0 Å². The first-order valence-electron chi connectivity index (χ1n) is 8.92. The lowest BCUT2D eigenvalue weighted by Crippen LogP contribution is -2.49. The number of para-hydroxylation sites is 1. The van der Waals surface area contributed by atoms with E-state index in [1.807, 2.05) is 11.0 Å². The summed E-state index contributed by atoms with van der Waals surface area (Å²) in [6, 6.07) is 11.8. The van der Waals surface area contributed by atoms with E-state index < -0.39 is 10.6 Å². The summed E-state index contributed by atoms with van der Waals surface area (Å²) in [6.07, 6.45) is 1.22. The van der Waals surface area contributed by atoms with E-state index in [1.165, 1.54) is 12.3 Å². The number of nitro groups is 1. The van der Waals surface area contributed by atoms with E-state index in [9.17, 15) is 19.7 Å². The van der Waals surface area contributed by atoms with Gasteiger partial charge in [-0.05, 0) is 18.2 Å². The van der Waals surface area contributed by atoms with Gasteiger partial charge in [0.1, 0.15) is 12.0 Å². The lowest BCUT2D eigenvalue weighted by atomic mass is 10.3. The number of anilines is 1. The fourth-order valence-electron chi connectivity index (χ4n) is 3.13. The number of nitrogens with one attached hydrogen (secondary N) is 1. The van der Waals surface area contributed by atoms with Crippen LogP contribution in [0, 0.1) is 10.1 Å². The third-order valence-electron chi connectivity index (χ3n) is 4.65. The highest BCUT2D eigenvalue weighted by Gasteiger charge is 2.26. The van der Waals surface area contributed by atoms with E-state index in [2.05, 4.69) is 15.1 Å². The number of hydrogen-bond acceptors (Lipinski definition) is 7. The minimum absolute atomic E-state index is 0.0132. The minimum Gasteiger partial charge on any atom is -0.353 e. The summed E-state index contributed by atoms with van der Waals surface area (Å²) < 4.78 is 1.16. The molecule has 0 bridgehead atoms. The average Bonchev–Trinajstić information content (AvgIpc) is 3.15. The van der Waals surface area contributed by atoms with Crippen LogP contribution in [0.25, 0.3) is 5.69 Å². The van der Waals surface area contributed by atoms with Gasteiger partial charge in [0, 0.05) is 32.2 Å². The summed E-state index contributed by atoms with van der Waals surface area (Å²) >= 11 is 0. The summed E-state index contributed by atoms with van der Waals surface area (Å²) in [7, 11) is 0. The van der Waals surface area contributed by atoms with Gasteiger partial charge in [0.15, 0.2) is 0 Å². The monoisotopic (exact) mass is 395 g/mol. The van der Waals surface area contributed by atoms with Crippen LogP contribution in [0.2, 0.25) is 0 Å². The third-order valence-corrected chi connectivity index (χ3v) is 4.65. The summed E-state index contributed by atoms with van der Waals surface area (Å²) in [5, 5.41) is 14.9. The second-order valence-electron chi connectivity index (χ2n) is 6.44. The zero-order valence-corrected chi connectivity index (χ0v) is 15.3. The molecule has 2 aromatic heterocycles. The Labute approximate surface area is 164 Å². The Balaban J connectivity index is 1.43. The number of carbonyl (C=O) groups is 1. The first kappa shape index (κ1) is 18.3. The number of carbonyl (C=O) groups excluding carboxylic acids is 1. The molecule has 0 saturated carbocycles. The molecule has 11 nitrogen and oxygen atoms in total. The van der Waals surface area contributed by atoms with Crippen LogP contribution in [0.4, 0.5) is 11.5 Å². The molecule has 29 heavy (non-hydrogen) atoms. The Morgan fingerprint density at radius 1 is 1.07 bits per heavy atom. The molecule has 0 aliphatic carbocycles. The standard InChI is InChI=1S/C18H17N7O4/c26-17(16-20-18(27)24(21-16)13-4-2-1-3-5-13)23-10-8-22(9-11-23)15-7-6-14(12-19-15)25(28)29/h1-7,12H,8-11H2,(H,20,21,27). The number of aromatic amines is 1. The Kier molecular flexibility index (Phi) is 4.77. The van der Waals surface area contributed by atoms with E-state index in [-0.39, 0.29) is 17.4 Å². The normalized spacial score (nSPS) is 14.1. The topological polar surface area (TPSA) is 130 Å². The summed E-state index contributed by atoms with van der Waals surface area (Å²) in [5.74, 6) is 0.248. The number of pyridine rings is 1. The number of aromatic nitrogens is 4. The smallest absolute Gasteiger partial charge is 0.348 e.